The van der Waals surface area contributed by atoms with Crippen LogP contribution < -0.4 is 5.32 Å². The van der Waals surface area contributed by atoms with Gasteiger partial charge in [0.05, 0.1) is 6.61 Å². The minimum Gasteiger partial charge on any atom is -0.450 e. The molecule has 0 aromatic carbocycles. The number of rotatable bonds is 27. The Labute approximate surface area is 208 Å². The number of nitrogens with one attached hydrogen (secondary N) is 1. The van der Waals surface area contributed by atoms with Crippen molar-refractivity contribution in [3.05, 3.63) is 0 Å². The first-order valence-electron chi connectivity index (χ1n) is 15.2. The molecule has 0 bridgehead atoms. The van der Waals surface area contributed by atoms with Gasteiger partial charge in [-0.2, -0.15) is 0 Å². The van der Waals surface area contributed by atoms with E-state index in [9.17, 15) is 4.79 Å². The summed E-state index contributed by atoms with van der Waals surface area (Å²) in [7, 11) is 0. The van der Waals surface area contributed by atoms with E-state index in [0.717, 1.165) is 19.4 Å². The van der Waals surface area contributed by atoms with Crippen LogP contribution >= 0.6 is 0 Å². The number of amides is 1. The van der Waals surface area contributed by atoms with E-state index in [1.807, 2.05) is 0 Å². The average molecular weight is 468 g/mol. The Bertz CT molecular complexity index is 372. The van der Waals surface area contributed by atoms with Gasteiger partial charge >= 0.3 is 6.09 Å². The SMILES string of the molecule is CCCCCCCCCCCCCCCCNC(=O)OCCCCCCCCCCCCC. The molecule has 0 fully saturated rings. The van der Waals surface area contributed by atoms with Crippen LogP contribution in [0.1, 0.15) is 174 Å². The van der Waals surface area contributed by atoms with Gasteiger partial charge in [0.25, 0.3) is 0 Å². The average Bonchev–Trinajstić information content (AvgIpc) is 2.82. The molecule has 0 saturated carbocycles. The third-order valence-corrected chi connectivity index (χ3v) is 6.78. The molecule has 1 N–H and O–H groups in total. The predicted molar refractivity (Wildman–Crippen MR) is 146 cm³/mol. The minimum atomic E-state index is -0.225. The van der Waals surface area contributed by atoms with Crippen LogP contribution in [0.3, 0.4) is 0 Å². The molecule has 33 heavy (non-hydrogen) atoms. The van der Waals surface area contributed by atoms with Crippen LogP contribution in [0.15, 0.2) is 0 Å². The van der Waals surface area contributed by atoms with Gasteiger partial charge in [-0.3, -0.25) is 0 Å². The first-order valence-corrected chi connectivity index (χ1v) is 15.2. The summed E-state index contributed by atoms with van der Waals surface area (Å²) in [5, 5.41) is 2.90. The smallest absolute Gasteiger partial charge is 0.407 e. The van der Waals surface area contributed by atoms with E-state index in [1.54, 1.807) is 0 Å². The quantitative estimate of drug-likeness (QED) is 0.122. The number of hydrogen-bond donors (Lipinski definition) is 1. The number of ether oxygens (including phenoxy) is 1. The number of unbranched alkanes of at least 4 members (excludes halogenated alkanes) is 23. The summed E-state index contributed by atoms with van der Waals surface area (Å²) in [5.74, 6) is 0. The van der Waals surface area contributed by atoms with Gasteiger partial charge in [0, 0.05) is 6.54 Å². The lowest BCUT2D eigenvalue weighted by Crippen LogP contribution is -2.25. The van der Waals surface area contributed by atoms with E-state index in [1.165, 1.54) is 148 Å². The Morgan fingerprint density at radius 1 is 0.455 bits per heavy atom. The highest BCUT2D eigenvalue weighted by Crippen LogP contribution is 2.13. The summed E-state index contributed by atoms with van der Waals surface area (Å²) in [6.07, 6.45) is 33.4. The summed E-state index contributed by atoms with van der Waals surface area (Å²) in [6, 6.07) is 0. The van der Waals surface area contributed by atoms with Gasteiger partial charge in [0.1, 0.15) is 0 Å². The maximum atomic E-state index is 11.7. The topological polar surface area (TPSA) is 38.3 Å². The molecule has 0 aromatic heterocycles. The van der Waals surface area contributed by atoms with Crippen LogP contribution in [0.4, 0.5) is 4.79 Å². The normalized spacial score (nSPS) is 11.1. The van der Waals surface area contributed by atoms with Crippen LogP contribution in [-0.2, 0) is 4.74 Å². The molecule has 0 aliphatic heterocycles. The van der Waals surface area contributed by atoms with Crippen molar-refractivity contribution in [3.8, 4) is 0 Å². The van der Waals surface area contributed by atoms with Crippen molar-refractivity contribution in [2.24, 2.45) is 0 Å². The number of alkyl carbamates (subject to hydrolysis) is 1. The molecule has 0 aliphatic rings. The molecule has 0 aliphatic carbocycles. The van der Waals surface area contributed by atoms with Gasteiger partial charge in [0.2, 0.25) is 0 Å². The van der Waals surface area contributed by atoms with Gasteiger partial charge in [-0.1, -0.05) is 162 Å². The first-order chi connectivity index (χ1) is 16.3. The molecule has 0 heterocycles. The Morgan fingerprint density at radius 3 is 1.12 bits per heavy atom. The fraction of sp³-hybridized carbons (Fsp3) is 0.967. The summed E-state index contributed by atoms with van der Waals surface area (Å²) in [4.78, 5) is 11.7. The van der Waals surface area contributed by atoms with E-state index in [4.69, 9.17) is 4.74 Å². The Hall–Kier alpha value is -0.730. The summed E-state index contributed by atoms with van der Waals surface area (Å²) in [6.45, 7) is 5.89. The van der Waals surface area contributed by atoms with Gasteiger partial charge < -0.3 is 10.1 Å². The molecular weight excluding hydrogens is 406 g/mol. The zero-order valence-corrected chi connectivity index (χ0v) is 22.9. The molecule has 0 radical (unpaired) electrons. The van der Waals surface area contributed by atoms with Crippen molar-refractivity contribution in [1.29, 1.82) is 0 Å². The van der Waals surface area contributed by atoms with E-state index < -0.39 is 0 Å². The number of hydrogen-bond acceptors (Lipinski definition) is 2. The van der Waals surface area contributed by atoms with Crippen LogP contribution in [0.5, 0.6) is 0 Å². The van der Waals surface area contributed by atoms with Crippen molar-refractivity contribution in [1.82, 2.24) is 5.32 Å². The molecular formula is C30H61NO2. The maximum absolute atomic E-state index is 11.7. The second kappa shape index (κ2) is 29.3. The van der Waals surface area contributed by atoms with Crippen LogP contribution in [0.2, 0.25) is 0 Å². The lowest BCUT2D eigenvalue weighted by Gasteiger charge is -2.07. The Balaban J connectivity index is 3.13. The van der Waals surface area contributed by atoms with E-state index in [2.05, 4.69) is 19.2 Å². The highest BCUT2D eigenvalue weighted by molar-refractivity contribution is 5.66. The van der Waals surface area contributed by atoms with Crippen LogP contribution in [0, 0.1) is 0 Å². The van der Waals surface area contributed by atoms with Gasteiger partial charge in [-0.05, 0) is 12.8 Å². The predicted octanol–water partition coefficient (Wildman–Crippen LogP) is 10.5. The molecule has 198 valence electrons. The van der Waals surface area contributed by atoms with Crippen LogP contribution in [0.25, 0.3) is 0 Å². The molecule has 0 saturated heterocycles. The molecule has 0 spiro atoms. The van der Waals surface area contributed by atoms with E-state index in [0.29, 0.717) is 6.61 Å². The second-order valence-corrected chi connectivity index (χ2v) is 10.2. The molecule has 3 nitrogen and oxygen atoms in total. The van der Waals surface area contributed by atoms with Crippen LogP contribution in [-0.4, -0.2) is 19.2 Å². The Kier molecular flexibility index (Phi) is 28.7. The van der Waals surface area contributed by atoms with Crippen molar-refractivity contribution >= 4 is 6.09 Å². The van der Waals surface area contributed by atoms with Gasteiger partial charge in [-0.25, -0.2) is 4.79 Å². The standard InChI is InChI=1S/C30H61NO2/c1-3-5-7-9-11-13-15-16-17-18-20-22-24-26-28-31-30(32)33-29-27-25-23-21-19-14-12-10-8-6-4-2/h3-29H2,1-2H3,(H,31,32). The molecule has 3 heteroatoms. The summed E-state index contributed by atoms with van der Waals surface area (Å²) < 4.78 is 5.29. The van der Waals surface area contributed by atoms with Crippen molar-refractivity contribution in [3.63, 3.8) is 0 Å². The molecule has 0 rings (SSSR count). The molecule has 1 amide bonds. The lowest BCUT2D eigenvalue weighted by molar-refractivity contribution is 0.143. The second-order valence-electron chi connectivity index (χ2n) is 10.2. The van der Waals surface area contributed by atoms with Gasteiger partial charge in [-0.15, -0.1) is 0 Å². The lowest BCUT2D eigenvalue weighted by atomic mass is 10.0. The van der Waals surface area contributed by atoms with Crippen molar-refractivity contribution in [2.75, 3.05) is 13.2 Å². The molecule has 0 unspecified atom stereocenters. The minimum absolute atomic E-state index is 0.225. The number of carbonyl (C=O) groups excluding carboxylic acids is 1. The largest absolute Gasteiger partial charge is 0.450 e. The zero-order chi connectivity index (χ0) is 24.1. The van der Waals surface area contributed by atoms with E-state index >= 15 is 0 Å². The first kappa shape index (κ1) is 32.3. The monoisotopic (exact) mass is 467 g/mol. The fourth-order valence-corrected chi connectivity index (χ4v) is 4.49. The highest BCUT2D eigenvalue weighted by atomic mass is 16.5. The van der Waals surface area contributed by atoms with Gasteiger partial charge in [0.15, 0.2) is 0 Å². The highest BCUT2D eigenvalue weighted by Gasteiger charge is 2.01. The fourth-order valence-electron chi connectivity index (χ4n) is 4.49. The summed E-state index contributed by atoms with van der Waals surface area (Å²) >= 11 is 0. The Morgan fingerprint density at radius 2 is 0.758 bits per heavy atom. The number of carbonyl (C=O) groups is 1. The summed E-state index contributed by atoms with van der Waals surface area (Å²) in [5.41, 5.74) is 0. The maximum Gasteiger partial charge on any atom is 0.407 e. The van der Waals surface area contributed by atoms with E-state index in [-0.39, 0.29) is 6.09 Å². The zero-order valence-electron chi connectivity index (χ0n) is 22.9. The molecule has 0 aromatic rings. The third-order valence-electron chi connectivity index (χ3n) is 6.78. The third kappa shape index (κ3) is 29.2. The van der Waals surface area contributed by atoms with Crippen molar-refractivity contribution < 1.29 is 9.53 Å². The molecule has 0 atom stereocenters. The van der Waals surface area contributed by atoms with Crippen molar-refractivity contribution in [2.45, 2.75) is 174 Å².